The van der Waals surface area contributed by atoms with E-state index in [1.165, 1.54) is 19.2 Å². The zero-order chi connectivity index (χ0) is 18.2. The average Bonchev–Trinajstić information content (AvgIpc) is 2.60. The Kier molecular flexibility index (Phi) is 5.96. The molecule has 0 radical (unpaired) electrons. The Balaban J connectivity index is 2.35. The highest BCUT2D eigenvalue weighted by Gasteiger charge is 2.21. The molecule has 7 nitrogen and oxygen atoms in total. The molecule has 7 heteroatoms. The Bertz CT molecular complexity index is 812. The smallest absolute Gasteiger partial charge is 0.337 e. The van der Waals surface area contributed by atoms with Gasteiger partial charge < -0.3 is 19.9 Å². The molecule has 0 aliphatic heterocycles. The number of nitriles is 1. The highest BCUT2D eigenvalue weighted by atomic mass is 16.5. The second kappa shape index (κ2) is 8.36. The first-order chi connectivity index (χ1) is 12.1. The summed E-state index contributed by atoms with van der Waals surface area (Å²) in [6, 6.07) is 13.9. The van der Waals surface area contributed by atoms with Gasteiger partial charge in [-0.15, -0.1) is 0 Å². The molecule has 0 fully saturated rings. The lowest BCUT2D eigenvalue weighted by atomic mass is 10.1. The van der Waals surface area contributed by atoms with Crippen molar-refractivity contribution in [1.29, 1.82) is 5.26 Å². The number of anilines is 1. The van der Waals surface area contributed by atoms with E-state index < -0.39 is 18.3 Å². The molecule has 0 aromatic heterocycles. The number of aromatic carboxylic acids is 1. The number of hydrogen-bond donors (Lipinski definition) is 2. The molecule has 2 rings (SSSR count). The fraction of sp³-hybridized carbons (Fsp3) is 0.167. The second-order valence-electron chi connectivity index (χ2n) is 4.98. The summed E-state index contributed by atoms with van der Waals surface area (Å²) in [6.07, 6.45) is -0.405. The first-order valence-corrected chi connectivity index (χ1v) is 7.34. The lowest BCUT2D eigenvalue weighted by Gasteiger charge is -2.17. The maximum Gasteiger partial charge on any atom is 0.337 e. The fourth-order valence-electron chi connectivity index (χ4n) is 2.17. The monoisotopic (exact) mass is 340 g/mol. The molecule has 25 heavy (non-hydrogen) atoms. The number of benzene rings is 2. The van der Waals surface area contributed by atoms with Crippen molar-refractivity contribution in [1.82, 2.24) is 0 Å². The molecule has 0 spiro atoms. The normalized spacial score (nSPS) is 9.76. The Hall–Kier alpha value is -3.53. The van der Waals surface area contributed by atoms with E-state index in [1.54, 1.807) is 6.07 Å². The lowest BCUT2D eigenvalue weighted by Crippen LogP contribution is -2.15. The third kappa shape index (κ3) is 4.48. The van der Waals surface area contributed by atoms with Crippen LogP contribution >= 0.6 is 0 Å². The maximum atomic E-state index is 11.7. The van der Waals surface area contributed by atoms with E-state index in [-0.39, 0.29) is 29.4 Å². The van der Waals surface area contributed by atoms with Gasteiger partial charge in [-0.25, -0.2) is 4.79 Å². The molecule has 2 aromatic rings. The average molecular weight is 340 g/mol. The molecule has 128 valence electrons. The molecule has 0 bridgehead atoms. The van der Waals surface area contributed by atoms with E-state index in [0.717, 1.165) is 5.56 Å². The molecule has 0 unspecified atom stereocenters. The molecule has 0 aliphatic carbocycles. The van der Waals surface area contributed by atoms with Crippen LogP contribution in [0.2, 0.25) is 0 Å². The van der Waals surface area contributed by atoms with Gasteiger partial charge in [-0.2, -0.15) is 5.26 Å². The standard InChI is InChI=1S/C18H16N2O5/c1-24-17-14(25-11-12-5-3-2-4-6-12)8-7-13(18(22)23)16(17)20-15(21)9-10-19/h2-8H,9,11H2,1H3,(H,20,21)(H,22,23). The summed E-state index contributed by atoms with van der Waals surface area (Å²) in [4.78, 5) is 23.1. The van der Waals surface area contributed by atoms with Gasteiger partial charge in [0.2, 0.25) is 5.91 Å². The van der Waals surface area contributed by atoms with Gasteiger partial charge in [0.05, 0.1) is 18.7 Å². The van der Waals surface area contributed by atoms with Crippen LogP contribution in [-0.4, -0.2) is 24.1 Å². The predicted octanol–water partition coefficient (Wildman–Crippen LogP) is 2.82. The van der Waals surface area contributed by atoms with Crippen molar-refractivity contribution in [3.05, 3.63) is 53.6 Å². The van der Waals surface area contributed by atoms with Crippen LogP contribution in [0.25, 0.3) is 0 Å². The molecule has 0 aliphatic rings. The number of carboxylic acid groups (broad SMARTS) is 1. The number of methoxy groups -OCH3 is 1. The van der Waals surface area contributed by atoms with Crippen LogP contribution in [0.4, 0.5) is 5.69 Å². The highest BCUT2D eigenvalue weighted by Crippen LogP contribution is 2.38. The van der Waals surface area contributed by atoms with Gasteiger partial charge >= 0.3 is 5.97 Å². The molecule has 0 saturated carbocycles. The van der Waals surface area contributed by atoms with E-state index in [0.29, 0.717) is 0 Å². The van der Waals surface area contributed by atoms with Crippen molar-refractivity contribution >= 4 is 17.6 Å². The van der Waals surface area contributed by atoms with Crippen LogP contribution in [0.3, 0.4) is 0 Å². The SMILES string of the molecule is COc1c(OCc2ccccc2)ccc(C(=O)O)c1NC(=O)CC#N. The van der Waals surface area contributed by atoms with Crippen LogP contribution in [0, 0.1) is 11.3 Å². The highest BCUT2D eigenvalue weighted by molar-refractivity contribution is 6.03. The summed E-state index contributed by atoms with van der Waals surface area (Å²) < 4.78 is 10.9. The maximum absolute atomic E-state index is 11.7. The van der Waals surface area contributed by atoms with E-state index in [1.807, 2.05) is 30.3 Å². The molecule has 2 aromatic carbocycles. The van der Waals surface area contributed by atoms with Gasteiger partial charge in [0.1, 0.15) is 18.7 Å². The van der Waals surface area contributed by atoms with Crippen molar-refractivity contribution < 1.29 is 24.2 Å². The van der Waals surface area contributed by atoms with E-state index in [4.69, 9.17) is 14.7 Å². The van der Waals surface area contributed by atoms with Crippen LogP contribution in [0.15, 0.2) is 42.5 Å². The Labute approximate surface area is 144 Å². The topological polar surface area (TPSA) is 109 Å². The minimum absolute atomic E-state index is 0.0409. The van der Waals surface area contributed by atoms with Gasteiger partial charge in [0.25, 0.3) is 0 Å². The zero-order valence-electron chi connectivity index (χ0n) is 13.5. The second-order valence-corrected chi connectivity index (χ2v) is 4.98. The van der Waals surface area contributed by atoms with Gasteiger partial charge in [0.15, 0.2) is 11.5 Å². The van der Waals surface area contributed by atoms with Crippen molar-refractivity contribution in [2.75, 3.05) is 12.4 Å². The summed E-state index contributed by atoms with van der Waals surface area (Å²) in [5.41, 5.74) is 0.720. The van der Waals surface area contributed by atoms with Crippen molar-refractivity contribution in [2.45, 2.75) is 13.0 Å². The number of nitrogens with zero attached hydrogens (tertiary/aromatic N) is 1. The van der Waals surface area contributed by atoms with E-state index in [2.05, 4.69) is 5.32 Å². The predicted molar refractivity (Wildman–Crippen MR) is 89.6 cm³/mol. The summed E-state index contributed by atoms with van der Waals surface area (Å²) >= 11 is 0. The van der Waals surface area contributed by atoms with Gasteiger partial charge in [-0.1, -0.05) is 30.3 Å². The third-order valence-corrected chi connectivity index (χ3v) is 3.30. The molecule has 1 amide bonds. The van der Waals surface area contributed by atoms with E-state index >= 15 is 0 Å². The number of carbonyl (C=O) groups is 2. The van der Waals surface area contributed by atoms with Gasteiger partial charge in [-0.3, -0.25) is 4.79 Å². The first kappa shape index (κ1) is 17.8. The Morgan fingerprint density at radius 2 is 1.92 bits per heavy atom. The minimum Gasteiger partial charge on any atom is -0.491 e. The van der Waals surface area contributed by atoms with Crippen LogP contribution in [0.5, 0.6) is 11.5 Å². The Morgan fingerprint density at radius 3 is 2.52 bits per heavy atom. The zero-order valence-corrected chi connectivity index (χ0v) is 13.5. The number of carboxylic acids is 1. The third-order valence-electron chi connectivity index (χ3n) is 3.30. The number of amides is 1. The van der Waals surface area contributed by atoms with Crippen molar-refractivity contribution in [3.8, 4) is 17.6 Å². The molecule has 0 saturated heterocycles. The lowest BCUT2D eigenvalue weighted by molar-refractivity contribution is -0.115. The minimum atomic E-state index is -1.24. The number of hydrogen-bond acceptors (Lipinski definition) is 5. The summed E-state index contributed by atoms with van der Waals surface area (Å²) in [5.74, 6) is -1.51. The molecule has 0 heterocycles. The number of ether oxygens (including phenoxy) is 2. The van der Waals surface area contributed by atoms with E-state index in [9.17, 15) is 14.7 Å². The van der Waals surface area contributed by atoms with Gasteiger partial charge in [-0.05, 0) is 17.7 Å². The Morgan fingerprint density at radius 1 is 1.20 bits per heavy atom. The van der Waals surface area contributed by atoms with Crippen LogP contribution < -0.4 is 14.8 Å². The molecular formula is C18H16N2O5. The van der Waals surface area contributed by atoms with Crippen LogP contribution in [0.1, 0.15) is 22.3 Å². The van der Waals surface area contributed by atoms with Crippen LogP contribution in [-0.2, 0) is 11.4 Å². The summed E-state index contributed by atoms with van der Waals surface area (Å²) in [6.45, 7) is 0.245. The van der Waals surface area contributed by atoms with Crippen molar-refractivity contribution in [3.63, 3.8) is 0 Å². The van der Waals surface area contributed by atoms with Gasteiger partial charge in [0, 0.05) is 0 Å². The summed E-state index contributed by atoms with van der Waals surface area (Å²) in [7, 11) is 1.34. The summed E-state index contributed by atoms with van der Waals surface area (Å²) in [5, 5.41) is 20.3. The number of carbonyl (C=O) groups excluding carboxylic acids is 1. The molecule has 2 N–H and O–H groups in total. The van der Waals surface area contributed by atoms with Crippen molar-refractivity contribution in [2.24, 2.45) is 0 Å². The molecule has 0 atom stereocenters. The molecular weight excluding hydrogens is 324 g/mol. The first-order valence-electron chi connectivity index (χ1n) is 7.34. The fourth-order valence-corrected chi connectivity index (χ4v) is 2.17. The number of rotatable bonds is 7. The quantitative estimate of drug-likeness (QED) is 0.802. The number of nitrogens with one attached hydrogen (secondary N) is 1. The largest absolute Gasteiger partial charge is 0.491 e.